The Morgan fingerprint density at radius 2 is 2.10 bits per heavy atom. The number of carboxylic acids is 1. The number of rotatable bonds is 6. The molecule has 31 heavy (non-hydrogen) atoms. The van der Waals surface area contributed by atoms with Crippen molar-refractivity contribution in [3.8, 4) is 5.75 Å². The molecule has 2 aliphatic heterocycles. The number of hydrogen-bond donors (Lipinski definition) is 2. The molecule has 0 amide bonds. The van der Waals surface area contributed by atoms with Crippen molar-refractivity contribution in [3.05, 3.63) is 33.9 Å². The van der Waals surface area contributed by atoms with Crippen LogP contribution in [0.2, 0.25) is 0 Å². The number of anilines is 1. The van der Waals surface area contributed by atoms with Gasteiger partial charge in [-0.1, -0.05) is 0 Å². The van der Waals surface area contributed by atoms with E-state index in [4.69, 9.17) is 4.74 Å². The minimum atomic E-state index is -1.48. The number of aromatic nitrogens is 1. The first-order valence-electron chi connectivity index (χ1n) is 10.3. The van der Waals surface area contributed by atoms with Crippen molar-refractivity contribution in [2.45, 2.75) is 31.1 Å². The van der Waals surface area contributed by atoms with Crippen molar-refractivity contribution in [1.82, 2.24) is 9.88 Å². The van der Waals surface area contributed by atoms with Gasteiger partial charge in [0.2, 0.25) is 5.43 Å². The fraction of sp³-hybridized carbons (Fsp3) is 0.524. The van der Waals surface area contributed by atoms with Crippen LogP contribution in [0.3, 0.4) is 0 Å². The maximum atomic E-state index is 15.2. The quantitative estimate of drug-likeness (QED) is 0.722. The lowest BCUT2D eigenvalue weighted by Crippen LogP contribution is -2.32. The van der Waals surface area contributed by atoms with E-state index in [1.807, 2.05) is 0 Å². The van der Waals surface area contributed by atoms with Gasteiger partial charge in [-0.15, -0.1) is 0 Å². The van der Waals surface area contributed by atoms with Crippen LogP contribution in [0.15, 0.2) is 17.1 Å². The molecule has 1 aliphatic carbocycles. The van der Waals surface area contributed by atoms with Gasteiger partial charge in [0.1, 0.15) is 30.7 Å². The smallest absolute Gasteiger partial charge is 0.341 e. The van der Waals surface area contributed by atoms with Gasteiger partial charge in [0.15, 0.2) is 11.6 Å². The molecule has 3 heterocycles. The van der Waals surface area contributed by atoms with E-state index in [1.165, 1.54) is 4.57 Å². The standard InChI is InChI=1S/C21H22F3N3O4/c22-4-12-9-31-20-17-13(19(28)14(21(29)30)7-27(12)17)3-15(23)18(20)26-6-10(16(24)8-26)5-25-11-1-2-11/h3,7,10-12,16,25H,1-2,4-6,8-9H2,(H,29,30)/t10-,12?,16-/m0/s1. The van der Waals surface area contributed by atoms with Gasteiger partial charge >= 0.3 is 5.97 Å². The summed E-state index contributed by atoms with van der Waals surface area (Å²) in [7, 11) is 0. The summed E-state index contributed by atoms with van der Waals surface area (Å²) < 4.78 is 50.5. The van der Waals surface area contributed by atoms with E-state index in [9.17, 15) is 23.5 Å². The van der Waals surface area contributed by atoms with E-state index in [0.717, 1.165) is 25.1 Å². The summed E-state index contributed by atoms with van der Waals surface area (Å²) in [4.78, 5) is 25.7. The van der Waals surface area contributed by atoms with E-state index in [0.29, 0.717) is 12.6 Å². The first kappa shape index (κ1) is 20.2. The van der Waals surface area contributed by atoms with Crippen LogP contribution >= 0.6 is 0 Å². The van der Waals surface area contributed by atoms with Crippen molar-refractivity contribution < 1.29 is 27.8 Å². The van der Waals surface area contributed by atoms with Crippen LogP contribution in [-0.2, 0) is 0 Å². The molecular formula is C21H22F3N3O4. The molecule has 1 saturated carbocycles. The van der Waals surface area contributed by atoms with Crippen LogP contribution in [-0.4, -0.2) is 60.8 Å². The second kappa shape index (κ2) is 7.44. The number of nitrogens with one attached hydrogen (secondary N) is 1. The highest BCUT2D eigenvalue weighted by molar-refractivity contribution is 5.97. The van der Waals surface area contributed by atoms with E-state index >= 15 is 4.39 Å². The Balaban J connectivity index is 1.61. The number of nitrogens with zero attached hydrogens (tertiary/aromatic N) is 2. The number of alkyl halides is 2. The van der Waals surface area contributed by atoms with Crippen molar-refractivity contribution in [3.63, 3.8) is 0 Å². The first-order chi connectivity index (χ1) is 14.9. The monoisotopic (exact) mass is 437 g/mol. The minimum Gasteiger partial charge on any atom is -0.487 e. The Morgan fingerprint density at radius 3 is 2.77 bits per heavy atom. The van der Waals surface area contributed by atoms with Gasteiger partial charge in [0.25, 0.3) is 0 Å². The number of aromatic carboxylic acids is 1. The van der Waals surface area contributed by atoms with Gasteiger partial charge in [-0.2, -0.15) is 0 Å². The van der Waals surface area contributed by atoms with E-state index in [-0.39, 0.29) is 48.0 Å². The third-order valence-corrected chi connectivity index (χ3v) is 6.34. The molecule has 3 atom stereocenters. The van der Waals surface area contributed by atoms with E-state index < -0.39 is 41.7 Å². The van der Waals surface area contributed by atoms with Gasteiger partial charge in [-0.05, 0) is 18.9 Å². The van der Waals surface area contributed by atoms with Crippen LogP contribution in [0.25, 0.3) is 10.9 Å². The third-order valence-electron chi connectivity index (χ3n) is 6.34. The molecule has 1 saturated heterocycles. The highest BCUT2D eigenvalue weighted by atomic mass is 19.1. The summed E-state index contributed by atoms with van der Waals surface area (Å²) in [5, 5.41) is 12.5. The topological polar surface area (TPSA) is 83.8 Å². The van der Waals surface area contributed by atoms with Gasteiger partial charge in [-0.25, -0.2) is 18.0 Å². The normalized spacial score (nSPS) is 25.1. The molecule has 1 unspecified atom stereocenters. The number of benzene rings is 1. The molecule has 0 radical (unpaired) electrons. The molecule has 1 aromatic carbocycles. The number of pyridine rings is 1. The van der Waals surface area contributed by atoms with E-state index in [2.05, 4.69) is 5.32 Å². The predicted molar refractivity (Wildman–Crippen MR) is 107 cm³/mol. The molecule has 5 rings (SSSR count). The maximum absolute atomic E-state index is 15.2. The van der Waals surface area contributed by atoms with Gasteiger partial charge in [0, 0.05) is 37.8 Å². The summed E-state index contributed by atoms with van der Waals surface area (Å²) in [6, 6.07) is 0.528. The Hall–Kier alpha value is -2.75. The Kier molecular flexibility index (Phi) is 4.84. The zero-order chi connectivity index (χ0) is 21.9. The number of ether oxygens (including phenoxy) is 1. The minimum absolute atomic E-state index is 0.0248. The third kappa shape index (κ3) is 3.33. The molecule has 2 N–H and O–H groups in total. The van der Waals surface area contributed by atoms with Gasteiger partial charge < -0.3 is 24.6 Å². The number of carboxylic acid groups (broad SMARTS) is 1. The molecule has 10 heteroatoms. The highest BCUT2D eigenvalue weighted by Gasteiger charge is 2.38. The molecule has 2 fully saturated rings. The highest BCUT2D eigenvalue weighted by Crippen LogP contribution is 2.43. The largest absolute Gasteiger partial charge is 0.487 e. The number of halogens is 3. The van der Waals surface area contributed by atoms with Crippen LogP contribution in [0, 0.1) is 11.7 Å². The molecule has 2 aromatic rings. The Morgan fingerprint density at radius 1 is 1.32 bits per heavy atom. The average Bonchev–Trinajstić information content (AvgIpc) is 3.50. The molecule has 166 valence electrons. The summed E-state index contributed by atoms with van der Waals surface area (Å²) in [5.41, 5.74) is -1.28. The van der Waals surface area contributed by atoms with Crippen LogP contribution in [0.1, 0.15) is 29.2 Å². The second-order valence-corrected chi connectivity index (χ2v) is 8.50. The van der Waals surface area contributed by atoms with Crippen molar-refractivity contribution in [2.24, 2.45) is 5.92 Å². The van der Waals surface area contributed by atoms with E-state index in [1.54, 1.807) is 4.90 Å². The lowest BCUT2D eigenvalue weighted by molar-refractivity contribution is 0.0694. The van der Waals surface area contributed by atoms with Gasteiger partial charge in [-0.3, -0.25) is 4.79 Å². The summed E-state index contributed by atoms with van der Waals surface area (Å²) in [6.07, 6.45) is 2.08. The fourth-order valence-electron chi connectivity index (χ4n) is 4.51. The molecular weight excluding hydrogens is 415 g/mol. The second-order valence-electron chi connectivity index (χ2n) is 8.50. The SMILES string of the molecule is O=C(O)c1cn2c3c(c(N4C[C@H](CNC5CC5)[C@@H](F)C4)c(F)cc3c1=O)OCC2CF. The number of carbonyl (C=O) groups is 1. The van der Waals surface area contributed by atoms with Crippen molar-refractivity contribution in [2.75, 3.05) is 37.8 Å². The molecule has 0 spiro atoms. The predicted octanol–water partition coefficient (Wildman–Crippen LogP) is 2.27. The summed E-state index contributed by atoms with van der Waals surface area (Å²) in [6.45, 7) is -0.279. The van der Waals surface area contributed by atoms with Crippen LogP contribution < -0.4 is 20.4 Å². The first-order valence-corrected chi connectivity index (χ1v) is 10.3. The van der Waals surface area contributed by atoms with Crippen molar-refractivity contribution >= 4 is 22.6 Å². The molecule has 1 aromatic heterocycles. The van der Waals surface area contributed by atoms with Crippen LogP contribution in [0.5, 0.6) is 5.75 Å². The zero-order valence-electron chi connectivity index (χ0n) is 16.6. The lowest BCUT2D eigenvalue weighted by Gasteiger charge is -2.31. The summed E-state index contributed by atoms with van der Waals surface area (Å²) in [5.74, 6) is -2.56. The molecule has 3 aliphatic rings. The Bertz CT molecular complexity index is 1120. The lowest BCUT2D eigenvalue weighted by atomic mass is 10.1. The maximum Gasteiger partial charge on any atom is 0.341 e. The molecule has 0 bridgehead atoms. The average molecular weight is 437 g/mol. The van der Waals surface area contributed by atoms with Gasteiger partial charge in [0.05, 0.1) is 16.9 Å². The fourth-order valence-corrected chi connectivity index (χ4v) is 4.51. The number of hydrogen-bond acceptors (Lipinski definition) is 5. The van der Waals surface area contributed by atoms with Crippen LogP contribution in [0.4, 0.5) is 18.9 Å². The zero-order valence-corrected chi connectivity index (χ0v) is 16.6. The van der Waals surface area contributed by atoms with Crippen molar-refractivity contribution in [1.29, 1.82) is 0 Å². The Labute approximate surface area is 175 Å². The molecule has 7 nitrogen and oxygen atoms in total. The summed E-state index contributed by atoms with van der Waals surface area (Å²) >= 11 is 0.